The molecule has 0 saturated carbocycles. The highest BCUT2D eigenvalue weighted by molar-refractivity contribution is 5.94. The van der Waals surface area contributed by atoms with E-state index in [0.717, 1.165) is 17.7 Å². The van der Waals surface area contributed by atoms with Crippen molar-refractivity contribution in [2.45, 2.75) is 26.7 Å². The Balaban J connectivity index is 1.97. The van der Waals surface area contributed by atoms with E-state index in [2.05, 4.69) is 6.58 Å². The van der Waals surface area contributed by atoms with Crippen LogP contribution in [0, 0.1) is 17.6 Å². The average Bonchev–Trinajstić information content (AvgIpc) is 2.58. The van der Waals surface area contributed by atoms with Crippen LogP contribution in [0.25, 0.3) is 0 Å². The van der Waals surface area contributed by atoms with Crippen molar-refractivity contribution in [2.75, 3.05) is 26.2 Å². The fourth-order valence-corrected chi connectivity index (χ4v) is 3.09. The molecule has 4 nitrogen and oxygen atoms in total. The number of piperidine rings is 1. The maximum Gasteiger partial charge on any atom is 0.256 e. The lowest BCUT2D eigenvalue weighted by Crippen LogP contribution is -2.45. The molecular weight excluding hydrogens is 326 g/mol. The summed E-state index contributed by atoms with van der Waals surface area (Å²) < 4.78 is 26.8. The molecule has 0 radical (unpaired) electrons. The number of carbonyl (C=O) groups excluding carboxylic acids is 2. The van der Waals surface area contributed by atoms with E-state index >= 15 is 0 Å². The summed E-state index contributed by atoms with van der Waals surface area (Å²) in [6.07, 6.45) is 1.08. The van der Waals surface area contributed by atoms with Gasteiger partial charge in [-0.2, -0.15) is 0 Å². The Labute approximate surface area is 147 Å². The van der Waals surface area contributed by atoms with Crippen LogP contribution < -0.4 is 0 Å². The van der Waals surface area contributed by atoms with Crippen molar-refractivity contribution in [3.8, 4) is 0 Å². The van der Waals surface area contributed by atoms with Gasteiger partial charge < -0.3 is 9.80 Å². The van der Waals surface area contributed by atoms with Crippen LogP contribution in [0.2, 0.25) is 0 Å². The zero-order valence-electron chi connectivity index (χ0n) is 14.7. The lowest BCUT2D eigenvalue weighted by Gasteiger charge is -2.34. The van der Waals surface area contributed by atoms with E-state index < -0.39 is 17.5 Å². The molecule has 2 amide bonds. The molecular formula is C19H24F2N2O2. The topological polar surface area (TPSA) is 40.6 Å². The van der Waals surface area contributed by atoms with E-state index in [1.54, 1.807) is 4.90 Å². The van der Waals surface area contributed by atoms with E-state index in [1.165, 1.54) is 4.90 Å². The Morgan fingerprint density at radius 1 is 1.28 bits per heavy atom. The predicted octanol–water partition coefficient (Wildman–Crippen LogP) is 3.24. The minimum Gasteiger partial charge on any atom is -0.339 e. The molecule has 2 rings (SSSR count). The molecule has 1 saturated heterocycles. The van der Waals surface area contributed by atoms with E-state index in [9.17, 15) is 18.4 Å². The average molecular weight is 350 g/mol. The summed E-state index contributed by atoms with van der Waals surface area (Å²) in [4.78, 5) is 28.3. The Morgan fingerprint density at radius 3 is 2.44 bits per heavy atom. The van der Waals surface area contributed by atoms with Gasteiger partial charge in [-0.25, -0.2) is 8.78 Å². The SMILES string of the molecule is C=C(C)CN(CC)C(=O)C1CCN(C(=O)c2ccc(F)cc2F)CC1. The zero-order valence-corrected chi connectivity index (χ0v) is 14.7. The van der Waals surface area contributed by atoms with Crippen LogP contribution in [0.3, 0.4) is 0 Å². The number of hydrogen-bond donors (Lipinski definition) is 0. The standard InChI is InChI=1S/C19H24F2N2O2/c1-4-22(12-13(2)3)18(24)14-7-9-23(10-8-14)19(25)16-6-5-15(20)11-17(16)21/h5-6,11,14H,2,4,7-10,12H2,1,3H3. The number of benzene rings is 1. The van der Waals surface area contributed by atoms with E-state index in [4.69, 9.17) is 0 Å². The lowest BCUT2D eigenvalue weighted by molar-refractivity contribution is -0.136. The third-order valence-electron chi connectivity index (χ3n) is 4.45. The highest BCUT2D eigenvalue weighted by atomic mass is 19.1. The molecule has 1 aromatic rings. The second kappa shape index (κ2) is 8.23. The van der Waals surface area contributed by atoms with Crippen LogP contribution in [0.4, 0.5) is 8.78 Å². The van der Waals surface area contributed by atoms with Crippen LogP contribution in [0.5, 0.6) is 0 Å². The van der Waals surface area contributed by atoms with Crippen molar-refractivity contribution in [3.63, 3.8) is 0 Å². The second-order valence-corrected chi connectivity index (χ2v) is 6.50. The van der Waals surface area contributed by atoms with Crippen LogP contribution in [-0.2, 0) is 4.79 Å². The van der Waals surface area contributed by atoms with Gasteiger partial charge in [0, 0.05) is 38.2 Å². The molecule has 1 fully saturated rings. The molecule has 136 valence electrons. The van der Waals surface area contributed by atoms with Gasteiger partial charge in [-0.05, 0) is 38.8 Å². The van der Waals surface area contributed by atoms with Crippen molar-refractivity contribution < 1.29 is 18.4 Å². The molecule has 6 heteroatoms. The Bertz CT molecular complexity index is 667. The first kappa shape index (κ1) is 19.1. The first-order valence-electron chi connectivity index (χ1n) is 8.51. The van der Waals surface area contributed by atoms with Gasteiger partial charge in [0.1, 0.15) is 11.6 Å². The summed E-state index contributed by atoms with van der Waals surface area (Å²) in [5.74, 6) is -2.10. The second-order valence-electron chi connectivity index (χ2n) is 6.50. The fourth-order valence-electron chi connectivity index (χ4n) is 3.09. The number of carbonyl (C=O) groups is 2. The minimum atomic E-state index is -0.859. The summed E-state index contributed by atoms with van der Waals surface area (Å²) in [7, 11) is 0. The molecule has 1 aliphatic rings. The van der Waals surface area contributed by atoms with Crippen LogP contribution in [-0.4, -0.2) is 47.8 Å². The third kappa shape index (κ3) is 4.65. The van der Waals surface area contributed by atoms with Crippen molar-refractivity contribution in [1.29, 1.82) is 0 Å². The Morgan fingerprint density at radius 2 is 1.92 bits per heavy atom. The first-order valence-corrected chi connectivity index (χ1v) is 8.51. The van der Waals surface area contributed by atoms with Crippen molar-refractivity contribution in [2.24, 2.45) is 5.92 Å². The van der Waals surface area contributed by atoms with E-state index in [-0.39, 0.29) is 17.4 Å². The van der Waals surface area contributed by atoms with Gasteiger partial charge in [-0.15, -0.1) is 0 Å². The van der Waals surface area contributed by atoms with Crippen molar-refractivity contribution >= 4 is 11.8 Å². The highest BCUT2D eigenvalue weighted by Gasteiger charge is 2.30. The summed E-state index contributed by atoms with van der Waals surface area (Å²) in [5.41, 5.74) is 0.790. The molecule has 1 aromatic carbocycles. The minimum absolute atomic E-state index is 0.0746. The Kier molecular flexibility index (Phi) is 6.28. The molecule has 0 bridgehead atoms. The number of hydrogen-bond acceptors (Lipinski definition) is 2. The fraction of sp³-hybridized carbons (Fsp3) is 0.474. The van der Waals surface area contributed by atoms with Gasteiger partial charge in [0.15, 0.2) is 0 Å². The van der Waals surface area contributed by atoms with Crippen LogP contribution in [0.1, 0.15) is 37.0 Å². The van der Waals surface area contributed by atoms with Gasteiger partial charge in [0.05, 0.1) is 5.56 Å². The van der Waals surface area contributed by atoms with Gasteiger partial charge in [-0.1, -0.05) is 12.2 Å². The van der Waals surface area contributed by atoms with Gasteiger partial charge in [0.25, 0.3) is 5.91 Å². The lowest BCUT2D eigenvalue weighted by atomic mass is 9.94. The molecule has 0 unspecified atom stereocenters. The molecule has 0 spiro atoms. The van der Waals surface area contributed by atoms with E-state index in [1.807, 2.05) is 13.8 Å². The van der Waals surface area contributed by atoms with E-state index in [0.29, 0.717) is 45.1 Å². The summed E-state index contributed by atoms with van der Waals surface area (Å²) in [5, 5.41) is 0. The molecule has 0 aliphatic carbocycles. The number of rotatable bonds is 5. The number of nitrogens with zero attached hydrogens (tertiary/aromatic N) is 2. The highest BCUT2D eigenvalue weighted by Crippen LogP contribution is 2.22. The number of halogens is 2. The van der Waals surface area contributed by atoms with Crippen LogP contribution in [0.15, 0.2) is 30.4 Å². The monoisotopic (exact) mass is 350 g/mol. The molecule has 0 N–H and O–H groups in total. The summed E-state index contributed by atoms with van der Waals surface area (Å²) in [6, 6.07) is 2.94. The van der Waals surface area contributed by atoms with Crippen molar-refractivity contribution in [1.82, 2.24) is 9.80 Å². The smallest absolute Gasteiger partial charge is 0.256 e. The number of amides is 2. The molecule has 1 aliphatic heterocycles. The van der Waals surface area contributed by atoms with Gasteiger partial charge >= 0.3 is 0 Å². The summed E-state index contributed by atoms with van der Waals surface area (Å²) >= 11 is 0. The third-order valence-corrected chi connectivity index (χ3v) is 4.45. The predicted molar refractivity (Wildman–Crippen MR) is 92.1 cm³/mol. The van der Waals surface area contributed by atoms with Gasteiger partial charge in [0.2, 0.25) is 5.91 Å². The molecule has 0 aromatic heterocycles. The molecule has 1 heterocycles. The molecule has 0 atom stereocenters. The number of likely N-dealkylation sites (tertiary alicyclic amines) is 1. The Hall–Kier alpha value is -2.24. The maximum absolute atomic E-state index is 13.8. The van der Waals surface area contributed by atoms with Crippen LogP contribution >= 0.6 is 0 Å². The molecule has 25 heavy (non-hydrogen) atoms. The van der Waals surface area contributed by atoms with Crippen molar-refractivity contribution in [3.05, 3.63) is 47.5 Å². The van der Waals surface area contributed by atoms with Gasteiger partial charge in [-0.3, -0.25) is 9.59 Å². The summed E-state index contributed by atoms with van der Waals surface area (Å²) in [6.45, 7) is 9.58. The number of likely N-dealkylation sites (N-methyl/N-ethyl adjacent to an activating group) is 1. The first-order chi connectivity index (χ1) is 11.8. The normalized spacial score (nSPS) is 15.1. The maximum atomic E-state index is 13.8. The quantitative estimate of drug-likeness (QED) is 0.765. The largest absolute Gasteiger partial charge is 0.339 e. The zero-order chi connectivity index (χ0) is 18.6.